The Balaban J connectivity index is 1.47. The summed E-state index contributed by atoms with van der Waals surface area (Å²) < 4.78 is 19.5. The summed E-state index contributed by atoms with van der Waals surface area (Å²) in [7, 11) is 0. The van der Waals surface area contributed by atoms with Crippen LogP contribution in [0.4, 0.5) is 10.1 Å². The van der Waals surface area contributed by atoms with Crippen molar-refractivity contribution in [3.05, 3.63) is 88.8 Å². The van der Waals surface area contributed by atoms with Gasteiger partial charge in [0.2, 0.25) is 0 Å². The van der Waals surface area contributed by atoms with Crippen molar-refractivity contribution in [2.45, 2.75) is 6.61 Å². The van der Waals surface area contributed by atoms with Gasteiger partial charge in [-0.2, -0.15) is 0 Å². The van der Waals surface area contributed by atoms with Gasteiger partial charge in [0.1, 0.15) is 18.2 Å². The molecule has 2 N–H and O–H groups in total. The number of rotatable bonds is 6. The van der Waals surface area contributed by atoms with E-state index in [0.717, 1.165) is 10.9 Å². The summed E-state index contributed by atoms with van der Waals surface area (Å²) in [4.78, 5) is 27.6. The van der Waals surface area contributed by atoms with Gasteiger partial charge in [0, 0.05) is 40.7 Å². The zero-order valence-electron chi connectivity index (χ0n) is 15.5. The first-order chi connectivity index (χ1) is 14.5. The number of nitrogens with zero attached hydrogens (tertiary/aromatic N) is 1. The lowest BCUT2D eigenvalue weighted by Gasteiger charge is -2.09. The molecule has 0 unspecified atom stereocenters. The fourth-order valence-electron chi connectivity index (χ4n) is 2.89. The first-order valence-electron chi connectivity index (χ1n) is 8.88. The average Bonchev–Trinajstić information content (AvgIpc) is 3.16. The second-order valence-electron chi connectivity index (χ2n) is 6.41. The van der Waals surface area contributed by atoms with Gasteiger partial charge in [0.15, 0.2) is 0 Å². The van der Waals surface area contributed by atoms with Gasteiger partial charge in [-0.25, -0.2) is 9.18 Å². The Kier molecular flexibility index (Phi) is 5.40. The molecule has 150 valence electrons. The third-order valence-corrected chi connectivity index (χ3v) is 5.46. The van der Waals surface area contributed by atoms with E-state index in [4.69, 9.17) is 4.74 Å². The lowest BCUT2D eigenvalue weighted by molar-refractivity contribution is 0.0698. The molecule has 8 heteroatoms. The summed E-state index contributed by atoms with van der Waals surface area (Å²) in [6.07, 6.45) is 2.95. The molecule has 0 atom stereocenters. The molecular formula is C22H15FN2O4S. The quantitative estimate of drug-likeness (QED) is 0.458. The predicted molar refractivity (Wildman–Crippen MR) is 112 cm³/mol. The third kappa shape index (κ3) is 4.13. The molecule has 1 amide bonds. The highest BCUT2D eigenvalue weighted by Crippen LogP contribution is 2.29. The van der Waals surface area contributed by atoms with Crippen molar-refractivity contribution in [2.24, 2.45) is 0 Å². The Morgan fingerprint density at radius 3 is 2.70 bits per heavy atom. The maximum atomic E-state index is 13.0. The number of thiophene rings is 1. The molecule has 6 nitrogen and oxygen atoms in total. The van der Waals surface area contributed by atoms with Crippen molar-refractivity contribution < 1.29 is 23.8 Å². The maximum Gasteiger partial charge on any atom is 0.338 e. The fourth-order valence-corrected chi connectivity index (χ4v) is 3.92. The molecule has 0 aliphatic rings. The number of pyridine rings is 1. The molecule has 0 fully saturated rings. The van der Waals surface area contributed by atoms with Crippen LogP contribution in [0.15, 0.2) is 66.3 Å². The van der Waals surface area contributed by atoms with Gasteiger partial charge >= 0.3 is 5.97 Å². The van der Waals surface area contributed by atoms with Crippen molar-refractivity contribution >= 4 is 39.0 Å². The zero-order chi connectivity index (χ0) is 21.1. The molecule has 4 rings (SSSR count). The van der Waals surface area contributed by atoms with Crippen molar-refractivity contribution in [1.29, 1.82) is 0 Å². The van der Waals surface area contributed by atoms with E-state index in [-0.39, 0.29) is 18.1 Å². The third-order valence-electron chi connectivity index (χ3n) is 4.38. The Morgan fingerprint density at radius 2 is 1.93 bits per heavy atom. The van der Waals surface area contributed by atoms with Gasteiger partial charge in [-0.15, -0.1) is 11.3 Å². The number of hydrogen-bond donors (Lipinski definition) is 2. The number of nitrogens with one attached hydrogen (secondary N) is 1. The normalized spacial score (nSPS) is 10.7. The van der Waals surface area contributed by atoms with Crippen molar-refractivity contribution in [2.75, 3.05) is 5.32 Å². The van der Waals surface area contributed by atoms with Crippen LogP contribution in [-0.2, 0) is 6.61 Å². The summed E-state index contributed by atoms with van der Waals surface area (Å²) in [6.45, 7) is 0.222. The highest BCUT2D eigenvalue weighted by molar-refractivity contribution is 7.17. The molecular weight excluding hydrogens is 407 g/mol. The molecule has 30 heavy (non-hydrogen) atoms. The molecule has 0 saturated heterocycles. The largest absolute Gasteiger partial charge is 0.489 e. The van der Waals surface area contributed by atoms with Crippen molar-refractivity contribution in [3.63, 3.8) is 0 Å². The van der Waals surface area contributed by atoms with E-state index in [0.29, 0.717) is 21.7 Å². The number of carboxylic acid groups (broad SMARTS) is 1. The van der Waals surface area contributed by atoms with Gasteiger partial charge in [-0.1, -0.05) is 6.07 Å². The highest BCUT2D eigenvalue weighted by atomic mass is 32.1. The van der Waals surface area contributed by atoms with Crippen LogP contribution in [0.5, 0.6) is 5.75 Å². The smallest absolute Gasteiger partial charge is 0.338 e. The van der Waals surface area contributed by atoms with Crippen LogP contribution in [0.2, 0.25) is 0 Å². The van der Waals surface area contributed by atoms with E-state index in [9.17, 15) is 19.1 Å². The SMILES string of the molecule is O=C(Nc1cccc(OCc2csc3c(C(=O)O)cncc23)c1)c1ccc(F)cc1. The van der Waals surface area contributed by atoms with Crippen molar-refractivity contribution in [1.82, 2.24) is 4.98 Å². The van der Waals surface area contributed by atoms with E-state index in [1.807, 2.05) is 5.38 Å². The number of aromatic nitrogens is 1. The van der Waals surface area contributed by atoms with Crippen LogP contribution < -0.4 is 10.1 Å². The van der Waals surface area contributed by atoms with E-state index >= 15 is 0 Å². The Morgan fingerprint density at radius 1 is 1.13 bits per heavy atom. The lowest BCUT2D eigenvalue weighted by atomic mass is 10.2. The standard InChI is InChI=1S/C22H15FN2O4S/c23-15-6-4-13(5-7-15)21(26)25-16-2-1-3-17(8-16)29-11-14-12-30-20-18(14)9-24-10-19(20)22(27)28/h1-10,12H,11H2,(H,25,26)(H,27,28). The zero-order valence-corrected chi connectivity index (χ0v) is 16.3. The second kappa shape index (κ2) is 8.30. The molecule has 2 aromatic carbocycles. The number of fused-ring (bicyclic) bond motifs is 1. The van der Waals surface area contributed by atoms with E-state index in [1.54, 1.807) is 30.5 Å². The monoisotopic (exact) mass is 422 g/mol. The topological polar surface area (TPSA) is 88.5 Å². The summed E-state index contributed by atoms with van der Waals surface area (Å²) in [5, 5.41) is 14.6. The van der Waals surface area contributed by atoms with Crippen LogP contribution in [0, 0.1) is 5.82 Å². The molecule has 0 saturated carbocycles. The van der Waals surface area contributed by atoms with Crippen LogP contribution in [0.25, 0.3) is 10.1 Å². The molecule has 0 radical (unpaired) electrons. The number of carbonyl (C=O) groups is 2. The van der Waals surface area contributed by atoms with Gasteiger partial charge in [-0.05, 0) is 41.8 Å². The minimum atomic E-state index is -1.02. The number of hydrogen-bond acceptors (Lipinski definition) is 5. The molecule has 2 aromatic heterocycles. The summed E-state index contributed by atoms with van der Waals surface area (Å²) in [5.41, 5.74) is 1.86. The number of aromatic carboxylic acids is 1. The van der Waals surface area contributed by atoms with Gasteiger partial charge in [0.25, 0.3) is 5.91 Å². The molecule has 4 aromatic rings. The van der Waals surface area contributed by atoms with Crippen LogP contribution >= 0.6 is 11.3 Å². The number of anilines is 1. The van der Waals surface area contributed by atoms with Gasteiger partial charge in [0.05, 0.1) is 10.3 Å². The predicted octanol–water partition coefficient (Wildman–Crippen LogP) is 4.96. The molecule has 0 aliphatic heterocycles. The van der Waals surface area contributed by atoms with E-state index in [1.165, 1.54) is 41.8 Å². The van der Waals surface area contributed by atoms with Crippen LogP contribution in [-0.4, -0.2) is 22.0 Å². The average molecular weight is 422 g/mol. The first kappa shape index (κ1) is 19.5. The maximum absolute atomic E-state index is 13.0. The number of ether oxygens (including phenoxy) is 1. The fraction of sp³-hybridized carbons (Fsp3) is 0.0455. The number of carbonyl (C=O) groups excluding carboxylic acids is 1. The lowest BCUT2D eigenvalue weighted by Crippen LogP contribution is -2.11. The second-order valence-corrected chi connectivity index (χ2v) is 7.29. The number of carboxylic acids is 1. The van der Waals surface area contributed by atoms with E-state index < -0.39 is 11.8 Å². The first-order valence-corrected chi connectivity index (χ1v) is 9.76. The molecule has 0 aliphatic carbocycles. The Hall–Kier alpha value is -3.78. The summed E-state index contributed by atoms with van der Waals surface area (Å²) in [5.74, 6) is -1.25. The van der Waals surface area contributed by atoms with Crippen LogP contribution in [0.1, 0.15) is 26.3 Å². The highest BCUT2D eigenvalue weighted by Gasteiger charge is 2.14. The van der Waals surface area contributed by atoms with Crippen LogP contribution in [0.3, 0.4) is 0 Å². The van der Waals surface area contributed by atoms with Gasteiger partial charge < -0.3 is 15.2 Å². The minimum absolute atomic E-state index is 0.161. The number of benzene rings is 2. The molecule has 0 spiro atoms. The molecule has 2 heterocycles. The van der Waals surface area contributed by atoms with E-state index in [2.05, 4.69) is 10.3 Å². The number of halogens is 1. The molecule has 0 bridgehead atoms. The Labute approximate surface area is 174 Å². The van der Waals surface area contributed by atoms with Gasteiger partial charge in [-0.3, -0.25) is 9.78 Å². The minimum Gasteiger partial charge on any atom is -0.489 e. The van der Waals surface area contributed by atoms with Crippen molar-refractivity contribution in [3.8, 4) is 5.75 Å². The summed E-state index contributed by atoms with van der Waals surface area (Å²) in [6, 6.07) is 12.2. The summed E-state index contributed by atoms with van der Waals surface area (Å²) >= 11 is 1.33. The Bertz CT molecular complexity index is 1240. The number of amides is 1.